The third-order valence-corrected chi connectivity index (χ3v) is 12.4. The standard InChI is InChI=1S/C31H42O11/c1-15-8-24(40-16(2)33)31(37)27(39-15)41-22-10-18-4-5-20-19(29(18,14-32)12-23(22)42-31)6-7-28(3)26(17-9-25(35)38-13-17)21(34)11-30(20,28)36/h9,14-15,18-24,26-27,34,36-37H,4-8,10-13H2,1-3H3/t15-,18+,19+,20-,21-,22+,23-,24+,26+,27+,28-,29-,30-,31-/m1/s1. The minimum Gasteiger partial charge on any atom is -0.458 e. The van der Waals surface area contributed by atoms with Crippen LogP contribution in [0.5, 0.6) is 0 Å². The molecule has 0 aromatic carbocycles. The van der Waals surface area contributed by atoms with E-state index in [2.05, 4.69) is 0 Å². The molecule has 4 saturated carbocycles. The second-order valence-corrected chi connectivity index (χ2v) is 14.3. The minimum absolute atomic E-state index is 0.00350. The van der Waals surface area contributed by atoms with Crippen LogP contribution in [-0.2, 0) is 38.1 Å². The molecule has 0 aromatic heterocycles. The van der Waals surface area contributed by atoms with Gasteiger partial charge in [-0.2, -0.15) is 0 Å². The second-order valence-electron chi connectivity index (χ2n) is 14.3. The molecule has 3 heterocycles. The number of esters is 2. The number of hydrogen-bond acceptors (Lipinski definition) is 11. The topological polar surface area (TPSA) is 158 Å². The number of cyclic esters (lactones) is 1. The molecule has 11 nitrogen and oxygen atoms in total. The Labute approximate surface area is 244 Å². The maximum atomic E-state index is 13.3. The summed E-state index contributed by atoms with van der Waals surface area (Å²) in [5, 5.41) is 35.5. The van der Waals surface area contributed by atoms with Crippen LogP contribution >= 0.6 is 0 Å². The van der Waals surface area contributed by atoms with Crippen LogP contribution < -0.4 is 0 Å². The van der Waals surface area contributed by atoms with E-state index >= 15 is 0 Å². The molecular formula is C31H42O11. The van der Waals surface area contributed by atoms with Gasteiger partial charge in [-0.1, -0.05) is 6.92 Å². The van der Waals surface area contributed by atoms with Gasteiger partial charge in [0.05, 0.1) is 30.0 Å². The Morgan fingerprint density at radius 3 is 2.57 bits per heavy atom. The molecule has 0 unspecified atom stereocenters. The Bertz CT molecular complexity index is 1200. The predicted molar refractivity (Wildman–Crippen MR) is 142 cm³/mol. The molecule has 0 amide bonds. The highest BCUT2D eigenvalue weighted by Gasteiger charge is 2.72. The highest BCUT2D eigenvalue weighted by atomic mass is 16.8. The first-order valence-electron chi connectivity index (χ1n) is 15.5. The first kappa shape index (κ1) is 28.9. The van der Waals surface area contributed by atoms with Crippen LogP contribution in [0.3, 0.4) is 0 Å². The van der Waals surface area contributed by atoms with Crippen molar-refractivity contribution in [3.8, 4) is 0 Å². The van der Waals surface area contributed by atoms with E-state index in [1.54, 1.807) is 0 Å². The minimum atomic E-state index is -2.01. The zero-order valence-corrected chi connectivity index (χ0v) is 24.4. The number of carbonyl (C=O) groups is 3. The van der Waals surface area contributed by atoms with E-state index in [0.29, 0.717) is 38.5 Å². The van der Waals surface area contributed by atoms with E-state index < -0.39 is 70.8 Å². The Kier molecular flexibility index (Phi) is 6.56. The van der Waals surface area contributed by atoms with Crippen molar-refractivity contribution in [3.05, 3.63) is 11.6 Å². The van der Waals surface area contributed by atoms with Gasteiger partial charge in [-0.25, -0.2) is 4.79 Å². The lowest BCUT2D eigenvalue weighted by atomic mass is 9.42. The van der Waals surface area contributed by atoms with Crippen LogP contribution in [0.15, 0.2) is 11.6 Å². The van der Waals surface area contributed by atoms with Gasteiger partial charge in [0.2, 0.25) is 6.29 Å². The van der Waals surface area contributed by atoms with Crippen molar-refractivity contribution in [2.24, 2.45) is 34.5 Å². The third-order valence-electron chi connectivity index (χ3n) is 12.4. The Hall–Kier alpha value is -1.89. The molecule has 0 radical (unpaired) electrons. The Morgan fingerprint density at radius 2 is 1.88 bits per heavy atom. The van der Waals surface area contributed by atoms with Crippen LogP contribution in [-0.4, -0.2) is 88.3 Å². The number of aliphatic hydroxyl groups excluding tert-OH is 1. The molecule has 7 rings (SSSR count). The maximum absolute atomic E-state index is 13.3. The average Bonchev–Trinajstić information content (AvgIpc) is 3.42. The molecular weight excluding hydrogens is 548 g/mol. The molecule has 7 aliphatic rings. The number of hydrogen-bond donors (Lipinski definition) is 3. The van der Waals surface area contributed by atoms with Gasteiger partial charge in [0.1, 0.15) is 12.9 Å². The van der Waals surface area contributed by atoms with Gasteiger partial charge in [0.25, 0.3) is 5.79 Å². The summed E-state index contributed by atoms with van der Waals surface area (Å²) in [6.07, 6.45) is 2.13. The summed E-state index contributed by atoms with van der Waals surface area (Å²) in [6, 6.07) is 0. The largest absolute Gasteiger partial charge is 0.458 e. The molecule has 6 fully saturated rings. The normalized spacial score (nSPS) is 54.7. The van der Waals surface area contributed by atoms with E-state index in [9.17, 15) is 29.7 Å². The van der Waals surface area contributed by atoms with Gasteiger partial charge in [-0.15, -0.1) is 0 Å². The Balaban J connectivity index is 1.19. The van der Waals surface area contributed by atoms with Crippen molar-refractivity contribution >= 4 is 18.2 Å². The zero-order valence-electron chi connectivity index (χ0n) is 24.4. The molecule has 2 saturated heterocycles. The van der Waals surface area contributed by atoms with E-state index in [-0.39, 0.29) is 43.3 Å². The zero-order chi connectivity index (χ0) is 29.8. The van der Waals surface area contributed by atoms with Crippen LogP contribution in [0.2, 0.25) is 0 Å². The van der Waals surface area contributed by atoms with Crippen molar-refractivity contribution < 1.29 is 53.4 Å². The number of carbonyl (C=O) groups excluding carboxylic acids is 3. The fourth-order valence-electron chi connectivity index (χ4n) is 10.6. The van der Waals surface area contributed by atoms with Crippen LogP contribution in [0.25, 0.3) is 0 Å². The fraction of sp³-hybridized carbons (Fsp3) is 0.839. The Morgan fingerprint density at radius 1 is 1.10 bits per heavy atom. The SMILES string of the molecule is CC(=O)O[C@H]1C[C@@H](C)O[C@H]2O[C@H]3C[C@@H]4CC[C@@H]5[C@H](CC[C@]6(C)[C@@H](C7=CC(=O)OC7)[C@H](O)C[C@@]56O)[C@@]4(C=O)C[C@H]3O[C@@]21O. The molecule has 42 heavy (non-hydrogen) atoms. The molecule has 3 aliphatic heterocycles. The predicted octanol–water partition coefficient (Wildman–Crippen LogP) is 1.54. The summed E-state index contributed by atoms with van der Waals surface area (Å²) in [7, 11) is 0. The molecule has 0 bridgehead atoms. The number of aliphatic hydroxyl groups is 3. The molecule has 0 spiro atoms. The van der Waals surface area contributed by atoms with E-state index in [4.69, 9.17) is 23.7 Å². The quantitative estimate of drug-likeness (QED) is 0.249. The van der Waals surface area contributed by atoms with Crippen molar-refractivity contribution in [3.63, 3.8) is 0 Å². The van der Waals surface area contributed by atoms with Gasteiger partial charge in [-0.3, -0.25) is 4.79 Å². The molecule has 14 atom stereocenters. The number of ether oxygens (including phenoxy) is 5. The van der Waals surface area contributed by atoms with Gasteiger partial charge in [0, 0.05) is 42.6 Å². The molecule has 232 valence electrons. The van der Waals surface area contributed by atoms with Crippen LogP contribution in [0.4, 0.5) is 0 Å². The molecule has 3 N–H and O–H groups in total. The second kappa shape index (κ2) is 9.55. The van der Waals surface area contributed by atoms with Gasteiger partial charge in [-0.05, 0) is 68.8 Å². The molecule has 11 heteroatoms. The highest BCUT2D eigenvalue weighted by Crippen LogP contribution is 2.70. The van der Waals surface area contributed by atoms with Crippen molar-refractivity contribution in [1.82, 2.24) is 0 Å². The van der Waals surface area contributed by atoms with Crippen LogP contribution in [0.1, 0.15) is 72.1 Å². The summed E-state index contributed by atoms with van der Waals surface area (Å²) in [5.41, 5.74) is -2.00. The number of aldehydes is 1. The third kappa shape index (κ3) is 3.83. The summed E-state index contributed by atoms with van der Waals surface area (Å²) in [5.74, 6) is -3.77. The molecule has 0 aromatic rings. The highest BCUT2D eigenvalue weighted by molar-refractivity contribution is 5.85. The molecule has 4 aliphatic carbocycles. The van der Waals surface area contributed by atoms with Crippen molar-refractivity contribution in [2.75, 3.05) is 6.61 Å². The van der Waals surface area contributed by atoms with Crippen molar-refractivity contribution in [1.29, 1.82) is 0 Å². The number of rotatable bonds is 3. The fourth-order valence-corrected chi connectivity index (χ4v) is 10.6. The lowest BCUT2D eigenvalue weighted by Crippen LogP contribution is -2.71. The van der Waals surface area contributed by atoms with E-state index in [1.807, 2.05) is 13.8 Å². The number of fused-ring (bicyclic) bond motifs is 7. The van der Waals surface area contributed by atoms with Crippen molar-refractivity contribution in [2.45, 2.75) is 120 Å². The summed E-state index contributed by atoms with van der Waals surface area (Å²) in [6.45, 7) is 5.24. The first-order valence-corrected chi connectivity index (χ1v) is 15.5. The lowest BCUT2D eigenvalue weighted by molar-refractivity contribution is -0.457. The first-order chi connectivity index (χ1) is 19.8. The van der Waals surface area contributed by atoms with E-state index in [1.165, 1.54) is 13.0 Å². The smallest absolute Gasteiger partial charge is 0.331 e. The van der Waals surface area contributed by atoms with Gasteiger partial charge >= 0.3 is 11.9 Å². The summed E-state index contributed by atoms with van der Waals surface area (Å²) >= 11 is 0. The van der Waals surface area contributed by atoms with E-state index in [0.717, 1.165) is 11.9 Å². The monoisotopic (exact) mass is 590 g/mol. The van der Waals surface area contributed by atoms with Gasteiger partial charge in [0.15, 0.2) is 6.10 Å². The maximum Gasteiger partial charge on any atom is 0.331 e. The average molecular weight is 591 g/mol. The lowest BCUT2D eigenvalue weighted by Gasteiger charge is -2.64. The van der Waals surface area contributed by atoms with Gasteiger partial charge < -0.3 is 43.8 Å². The summed E-state index contributed by atoms with van der Waals surface area (Å²) in [4.78, 5) is 37.0. The van der Waals surface area contributed by atoms with Crippen LogP contribution in [0, 0.1) is 34.5 Å². The summed E-state index contributed by atoms with van der Waals surface area (Å²) < 4.78 is 29.2.